The smallest absolute Gasteiger partial charge is 0.234 e. The van der Waals surface area contributed by atoms with E-state index in [-0.39, 0.29) is 12.7 Å². The van der Waals surface area contributed by atoms with Gasteiger partial charge in [-0.2, -0.15) is 0 Å². The van der Waals surface area contributed by atoms with Crippen LogP contribution in [-0.2, 0) is 10.5 Å². The molecule has 120 valence electrons. The van der Waals surface area contributed by atoms with Crippen molar-refractivity contribution in [1.82, 2.24) is 0 Å². The molecule has 1 aliphatic rings. The number of ether oxygens (including phenoxy) is 2. The topological polar surface area (TPSA) is 47.6 Å². The Bertz CT molecular complexity index is 706. The van der Waals surface area contributed by atoms with Crippen LogP contribution in [0.25, 0.3) is 0 Å². The standard InChI is InChI=1S/C17H17NO3S2/c1-22-14-4-2-3-13(8-14)18-17(19)10-23-9-12-5-6-15-16(7-12)21-11-20-15/h2-8H,9-11H2,1H3,(H,18,19). The van der Waals surface area contributed by atoms with Gasteiger partial charge in [0.05, 0.1) is 5.75 Å². The first kappa shape index (κ1) is 16.1. The predicted molar refractivity (Wildman–Crippen MR) is 95.6 cm³/mol. The van der Waals surface area contributed by atoms with Gasteiger partial charge in [0, 0.05) is 16.3 Å². The Morgan fingerprint density at radius 1 is 1.17 bits per heavy atom. The summed E-state index contributed by atoms with van der Waals surface area (Å²) in [6.45, 7) is 0.281. The van der Waals surface area contributed by atoms with E-state index in [0.717, 1.165) is 33.4 Å². The molecule has 0 saturated carbocycles. The maximum atomic E-state index is 12.0. The fourth-order valence-electron chi connectivity index (χ4n) is 2.19. The summed E-state index contributed by atoms with van der Waals surface area (Å²) in [6, 6.07) is 13.7. The summed E-state index contributed by atoms with van der Waals surface area (Å²) in [6.07, 6.45) is 2.02. The molecule has 0 spiro atoms. The molecule has 0 atom stereocenters. The second-order valence-electron chi connectivity index (χ2n) is 4.96. The molecule has 0 unspecified atom stereocenters. The highest BCUT2D eigenvalue weighted by Gasteiger charge is 2.13. The SMILES string of the molecule is CSc1cccc(NC(=O)CSCc2ccc3c(c2)OCO3)c1. The molecule has 0 aliphatic carbocycles. The van der Waals surface area contributed by atoms with Crippen molar-refractivity contribution in [2.24, 2.45) is 0 Å². The third-order valence-electron chi connectivity index (χ3n) is 3.29. The van der Waals surface area contributed by atoms with Crippen LogP contribution in [0.3, 0.4) is 0 Å². The van der Waals surface area contributed by atoms with Crippen molar-refractivity contribution in [3.05, 3.63) is 48.0 Å². The van der Waals surface area contributed by atoms with Crippen LogP contribution in [-0.4, -0.2) is 24.7 Å². The molecule has 23 heavy (non-hydrogen) atoms. The molecule has 2 aromatic carbocycles. The van der Waals surface area contributed by atoms with Gasteiger partial charge in [-0.15, -0.1) is 23.5 Å². The monoisotopic (exact) mass is 347 g/mol. The molecule has 2 aromatic rings. The highest BCUT2D eigenvalue weighted by atomic mass is 32.2. The molecule has 1 heterocycles. The van der Waals surface area contributed by atoms with Crippen LogP contribution in [0.15, 0.2) is 47.4 Å². The van der Waals surface area contributed by atoms with Crippen LogP contribution in [0.2, 0.25) is 0 Å². The van der Waals surface area contributed by atoms with Gasteiger partial charge in [-0.05, 0) is 42.2 Å². The Labute approximate surface area is 143 Å². The number of thioether (sulfide) groups is 2. The van der Waals surface area contributed by atoms with Crippen LogP contribution >= 0.6 is 23.5 Å². The lowest BCUT2D eigenvalue weighted by Crippen LogP contribution is -2.14. The molecule has 0 bridgehead atoms. The number of hydrogen-bond donors (Lipinski definition) is 1. The molecule has 6 heteroatoms. The number of fused-ring (bicyclic) bond motifs is 1. The number of carbonyl (C=O) groups is 1. The summed E-state index contributed by atoms with van der Waals surface area (Å²) in [5.41, 5.74) is 1.96. The third-order valence-corrected chi connectivity index (χ3v) is 5.02. The average Bonchev–Trinajstić information content (AvgIpc) is 3.02. The lowest BCUT2D eigenvalue weighted by molar-refractivity contribution is -0.113. The summed E-state index contributed by atoms with van der Waals surface area (Å²) in [4.78, 5) is 13.1. The lowest BCUT2D eigenvalue weighted by Gasteiger charge is -2.07. The van der Waals surface area contributed by atoms with Crippen molar-refractivity contribution in [2.75, 3.05) is 24.1 Å². The molecule has 0 aromatic heterocycles. The Balaban J connectivity index is 1.47. The van der Waals surface area contributed by atoms with Gasteiger partial charge in [-0.25, -0.2) is 0 Å². The van der Waals surface area contributed by atoms with Crippen molar-refractivity contribution in [1.29, 1.82) is 0 Å². The van der Waals surface area contributed by atoms with E-state index in [1.54, 1.807) is 23.5 Å². The lowest BCUT2D eigenvalue weighted by atomic mass is 10.2. The minimum absolute atomic E-state index is 0.00833. The van der Waals surface area contributed by atoms with Crippen LogP contribution in [0.4, 0.5) is 5.69 Å². The first-order valence-electron chi connectivity index (χ1n) is 7.15. The molecule has 1 aliphatic heterocycles. The molecule has 0 fully saturated rings. The highest BCUT2D eigenvalue weighted by Crippen LogP contribution is 2.33. The summed E-state index contributed by atoms with van der Waals surface area (Å²) in [7, 11) is 0. The van der Waals surface area contributed by atoms with Crippen molar-refractivity contribution in [3.8, 4) is 11.5 Å². The normalized spacial score (nSPS) is 12.2. The molecule has 0 radical (unpaired) electrons. The Morgan fingerprint density at radius 2 is 2.04 bits per heavy atom. The van der Waals surface area contributed by atoms with Crippen LogP contribution in [0.1, 0.15) is 5.56 Å². The van der Waals surface area contributed by atoms with E-state index in [9.17, 15) is 4.79 Å². The van der Waals surface area contributed by atoms with Crippen molar-refractivity contribution in [3.63, 3.8) is 0 Å². The number of hydrogen-bond acceptors (Lipinski definition) is 5. The summed E-state index contributed by atoms with van der Waals surface area (Å²) in [5.74, 6) is 2.74. The number of benzene rings is 2. The predicted octanol–water partition coefficient (Wildman–Crippen LogP) is 4.01. The number of anilines is 1. The van der Waals surface area contributed by atoms with E-state index in [0.29, 0.717) is 5.75 Å². The van der Waals surface area contributed by atoms with Gasteiger partial charge in [0.15, 0.2) is 11.5 Å². The third kappa shape index (κ3) is 4.36. The Kier molecular flexibility index (Phi) is 5.35. The van der Waals surface area contributed by atoms with Crippen molar-refractivity contribution >= 4 is 35.1 Å². The number of rotatable bonds is 6. The van der Waals surface area contributed by atoms with E-state index in [1.807, 2.05) is 48.7 Å². The zero-order valence-corrected chi connectivity index (χ0v) is 14.3. The maximum Gasteiger partial charge on any atom is 0.234 e. The first-order chi connectivity index (χ1) is 11.2. The zero-order valence-electron chi connectivity index (χ0n) is 12.7. The van der Waals surface area contributed by atoms with Gasteiger partial charge in [0.1, 0.15) is 0 Å². The summed E-state index contributed by atoms with van der Waals surface area (Å²) >= 11 is 3.23. The number of nitrogens with one attached hydrogen (secondary N) is 1. The number of carbonyl (C=O) groups excluding carboxylic acids is 1. The minimum atomic E-state index is 0.00833. The van der Waals surface area contributed by atoms with Crippen molar-refractivity contribution in [2.45, 2.75) is 10.6 Å². The van der Waals surface area contributed by atoms with E-state index < -0.39 is 0 Å². The Hall–Kier alpha value is -1.79. The summed E-state index contributed by atoms with van der Waals surface area (Å²) < 4.78 is 10.6. The Morgan fingerprint density at radius 3 is 2.91 bits per heavy atom. The number of amides is 1. The first-order valence-corrected chi connectivity index (χ1v) is 9.53. The quantitative estimate of drug-likeness (QED) is 0.800. The molecule has 1 N–H and O–H groups in total. The minimum Gasteiger partial charge on any atom is -0.454 e. The second-order valence-corrected chi connectivity index (χ2v) is 6.83. The largest absolute Gasteiger partial charge is 0.454 e. The fourth-order valence-corrected chi connectivity index (χ4v) is 3.42. The van der Waals surface area contributed by atoms with Crippen LogP contribution in [0.5, 0.6) is 11.5 Å². The van der Waals surface area contributed by atoms with E-state index in [1.165, 1.54) is 0 Å². The molecule has 4 nitrogen and oxygen atoms in total. The van der Waals surface area contributed by atoms with E-state index in [4.69, 9.17) is 9.47 Å². The van der Waals surface area contributed by atoms with Gasteiger partial charge in [0.25, 0.3) is 0 Å². The molecular formula is C17H17NO3S2. The molecule has 1 amide bonds. The molecule has 0 saturated heterocycles. The van der Waals surface area contributed by atoms with Crippen LogP contribution in [0, 0.1) is 0 Å². The second kappa shape index (κ2) is 7.66. The van der Waals surface area contributed by atoms with Gasteiger partial charge in [-0.1, -0.05) is 12.1 Å². The molecular weight excluding hydrogens is 330 g/mol. The van der Waals surface area contributed by atoms with Crippen LogP contribution < -0.4 is 14.8 Å². The van der Waals surface area contributed by atoms with Crippen molar-refractivity contribution < 1.29 is 14.3 Å². The van der Waals surface area contributed by atoms with Gasteiger partial charge in [0.2, 0.25) is 12.7 Å². The van der Waals surface area contributed by atoms with Gasteiger partial charge < -0.3 is 14.8 Å². The fraction of sp³-hybridized carbons (Fsp3) is 0.235. The molecule has 3 rings (SSSR count). The van der Waals surface area contributed by atoms with Gasteiger partial charge in [-0.3, -0.25) is 4.79 Å². The van der Waals surface area contributed by atoms with E-state index >= 15 is 0 Å². The maximum absolute atomic E-state index is 12.0. The van der Waals surface area contributed by atoms with E-state index in [2.05, 4.69) is 5.32 Å². The highest BCUT2D eigenvalue weighted by molar-refractivity contribution is 7.99. The average molecular weight is 347 g/mol. The zero-order chi connectivity index (χ0) is 16.1. The summed E-state index contributed by atoms with van der Waals surface area (Å²) in [5, 5.41) is 2.93. The van der Waals surface area contributed by atoms with Gasteiger partial charge >= 0.3 is 0 Å².